The van der Waals surface area contributed by atoms with E-state index in [1.165, 1.54) is 47.6 Å². The van der Waals surface area contributed by atoms with Crippen LogP contribution in [0, 0.1) is 10.8 Å². The van der Waals surface area contributed by atoms with E-state index in [1.807, 2.05) is 49.4 Å². The van der Waals surface area contributed by atoms with Gasteiger partial charge in [0.2, 0.25) is 0 Å². The summed E-state index contributed by atoms with van der Waals surface area (Å²) < 4.78 is 5.52. The summed E-state index contributed by atoms with van der Waals surface area (Å²) in [4.78, 5) is 12.4. The van der Waals surface area contributed by atoms with Crippen LogP contribution in [0.5, 0.6) is 5.75 Å². The number of ether oxygens (including phenoxy) is 1. The minimum Gasteiger partial charge on any atom is -0.423 e. The van der Waals surface area contributed by atoms with Gasteiger partial charge in [-0.3, -0.25) is 0 Å². The molecule has 2 heteroatoms. The molecule has 1 aromatic rings. The summed E-state index contributed by atoms with van der Waals surface area (Å²) >= 11 is 0. The van der Waals surface area contributed by atoms with Crippen LogP contribution in [0.2, 0.25) is 0 Å². The van der Waals surface area contributed by atoms with Crippen LogP contribution in [0.3, 0.4) is 0 Å². The minimum atomic E-state index is -0.383. The Morgan fingerprint density at radius 3 is 2.38 bits per heavy atom. The molecule has 0 heterocycles. The highest BCUT2D eigenvalue weighted by atomic mass is 16.5. The predicted octanol–water partition coefficient (Wildman–Crippen LogP) is 11.1. The number of benzene rings is 1. The van der Waals surface area contributed by atoms with E-state index in [0.717, 1.165) is 24.0 Å². The zero-order valence-electron chi connectivity index (χ0n) is 26.1. The molecule has 0 saturated heterocycles. The first-order valence-electron chi connectivity index (χ1n) is 14.5. The van der Waals surface area contributed by atoms with E-state index < -0.39 is 0 Å². The average molecular weight is 539 g/mol. The topological polar surface area (TPSA) is 26.3 Å². The van der Waals surface area contributed by atoms with E-state index in [1.54, 1.807) is 0 Å². The lowest BCUT2D eigenvalue weighted by Gasteiger charge is -2.32. The van der Waals surface area contributed by atoms with Crippen LogP contribution in [0.25, 0.3) is 6.08 Å². The van der Waals surface area contributed by atoms with Crippen LogP contribution in [0.4, 0.5) is 0 Å². The molecule has 214 valence electrons. The van der Waals surface area contributed by atoms with E-state index in [0.29, 0.717) is 5.75 Å². The number of carbonyl (C=O) groups is 1. The number of rotatable bonds is 12. The highest BCUT2D eigenvalue weighted by Gasteiger charge is 2.26. The molecular formula is C38H50O2. The summed E-state index contributed by atoms with van der Waals surface area (Å²) in [5, 5.41) is 0. The van der Waals surface area contributed by atoms with E-state index >= 15 is 0 Å². The van der Waals surface area contributed by atoms with Crippen molar-refractivity contribution in [2.45, 2.75) is 87.5 Å². The maximum Gasteiger partial charge on any atom is 0.336 e. The molecule has 0 N–H and O–H groups in total. The molecule has 2 rings (SSSR count). The molecule has 0 spiro atoms. The molecule has 1 aliphatic rings. The van der Waals surface area contributed by atoms with Crippen LogP contribution in [-0.4, -0.2) is 5.97 Å². The van der Waals surface area contributed by atoms with E-state index in [4.69, 9.17) is 4.74 Å². The molecule has 1 aromatic carbocycles. The fourth-order valence-corrected chi connectivity index (χ4v) is 4.87. The van der Waals surface area contributed by atoms with Crippen molar-refractivity contribution in [1.29, 1.82) is 0 Å². The Balaban J connectivity index is 1.93. The van der Waals surface area contributed by atoms with Crippen LogP contribution < -0.4 is 4.74 Å². The first kappa shape index (κ1) is 32.8. The first-order valence-corrected chi connectivity index (χ1v) is 14.5. The maximum atomic E-state index is 12.4. The highest BCUT2D eigenvalue weighted by molar-refractivity contribution is 5.85. The van der Waals surface area contributed by atoms with Crippen molar-refractivity contribution in [3.8, 4) is 5.75 Å². The van der Waals surface area contributed by atoms with Gasteiger partial charge in [0.25, 0.3) is 0 Å². The molecular weight excluding hydrogens is 488 g/mol. The SMILES string of the molecule is C=CC(C)(/C=C/c1ccc(OC(=O)\C=C(C)/C=C/C=C(C)/C=C\C2=C(C)CCCC2(C)C)cc1)CCC=C(C)C. The van der Waals surface area contributed by atoms with Crippen LogP contribution >= 0.6 is 0 Å². The molecule has 40 heavy (non-hydrogen) atoms. The number of esters is 1. The lowest BCUT2D eigenvalue weighted by atomic mass is 9.72. The summed E-state index contributed by atoms with van der Waals surface area (Å²) in [6.07, 6.45) is 26.3. The van der Waals surface area contributed by atoms with E-state index in [-0.39, 0.29) is 16.8 Å². The smallest absolute Gasteiger partial charge is 0.336 e. The lowest BCUT2D eigenvalue weighted by Crippen LogP contribution is -2.19. The molecule has 0 radical (unpaired) electrons. The second-order valence-corrected chi connectivity index (χ2v) is 12.3. The van der Waals surface area contributed by atoms with Crippen molar-refractivity contribution in [2.75, 3.05) is 0 Å². The third-order valence-electron chi connectivity index (χ3n) is 7.58. The second-order valence-electron chi connectivity index (χ2n) is 12.3. The lowest BCUT2D eigenvalue weighted by molar-refractivity contribution is -0.129. The quantitative estimate of drug-likeness (QED) is 0.0869. The zero-order valence-corrected chi connectivity index (χ0v) is 26.1. The predicted molar refractivity (Wildman–Crippen MR) is 174 cm³/mol. The Bertz CT molecular complexity index is 1230. The van der Waals surface area contributed by atoms with E-state index in [2.05, 4.69) is 91.5 Å². The van der Waals surface area contributed by atoms with Gasteiger partial charge in [-0.15, -0.1) is 6.58 Å². The zero-order chi connectivity index (χ0) is 29.8. The largest absolute Gasteiger partial charge is 0.423 e. The molecule has 2 nitrogen and oxygen atoms in total. The van der Waals surface area contributed by atoms with Crippen molar-refractivity contribution in [2.24, 2.45) is 10.8 Å². The third-order valence-corrected chi connectivity index (χ3v) is 7.58. The van der Waals surface area contributed by atoms with Gasteiger partial charge in [0.15, 0.2) is 0 Å². The van der Waals surface area contributed by atoms with Gasteiger partial charge in [0.05, 0.1) is 0 Å². The van der Waals surface area contributed by atoms with Gasteiger partial charge < -0.3 is 4.74 Å². The number of hydrogen-bond donors (Lipinski definition) is 0. The van der Waals surface area contributed by atoms with Crippen LogP contribution in [-0.2, 0) is 4.79 Å². The molecule has 1 atom stereocenters. The third kappa shape index (κ3) is 11.4. The number of hydrogen-bond acceptors (Lipinski definition) is 2. The summed E-state index contributed by atoms with van der Waals surface area (Å²) in [6, 6.07) is 7.58. The molecule has 0 bridgehead atoms. The highest BCUT2D eigenvalue weighted by Crippen LogP contribution is 2.40. The van der Waals surface area contributed by atoms with Gasteiger partial charge in [-0.1, -0.05) is 104 Å². The normalized spacial score (nSPS) is 17.9. The monoisotopic (exact) mass is 538 g/mol. The molecule has 0 fully saturated rings. The fraction of sp³-hybridized carbons (Fsp3) is 0.395. The first-order chi connectivity index (χ1) is 18.8. The molecule has 0 aromatic heterocycles. The Morgan fingerprint density at radius 2 is 1.75 bits per heavy atom. The second kappa shape index (κ2) is 15.4. The van der Waals surface area contributed by atoms with E-state index in [9.17, 15) is 4.79 Å². The molecule has 1 aliphatic carbocycles. The summed E-state index contributed by atoms with van der Waals surface area (Å²) in [5.74, 6) is 0.146. The maximum absolute atomic E-state index is 12.4. The summed E-state index contributed by atoms with van der Waals surface area (Å²) in [7, 11) is 0. The Kier molecular flexibility index (Phi) is 12.6. The van der Waals surface area contributed by atoms with Crippen molar-refractivity contribution >= 4 is 12.0 Å². The van der Waals surface area contributed by atoms with Crippen molar-refractivity contribution < 1.29 is 9.53 Å². The Labute approximate surface area is 244 Å². The molecule has 0 saturated carbocycles. The average Bonchev–Trinajstić information content (AvgIpc) is 2.87. The Hall–Kier alpha value is -3.39. The van der Waals surface area contributed by atoms with Gasteiger partial charge in [0, 0.05) is 11.5 Å². The number of allylic oxidation sites excluding steroid dienone is 13. The number of carbonyl (C=O) groups excluding carboxylic acids is 1. The molecule has 1 unspecified atom stereocenters. The van der Waals surface area contributed by atoms with Gasteiger partial charge >= 0.3 is 5.97 Å². The van der Waals surface area contributed by atoms with Crippen LogP contribution in [0.1, 0.15) is 93.1 Å². The van der Waals surface area contributed by atoms with Gasteiger partial charge in [-0.2, -0.15) is 0 Å². The summed E-state index contributed by atoms with van der Waals surface area (Å²) in [5.41, 5.74) is 7.53. The Morgan fingerprint density at radius 1 is 1.05 bits per heavy atom. The standard InChI is InChI=1S/C38H50O2/c1-10-38(9,26-12-14-29(2)3)27-24-33-19-21-34(22-20-33)40-36(39)28-31(5)16-11-15-30(4)18-23-35-32(6)17-13-25-37(35,7)8/h10-11,14-16,18-24,27-28H,1,12-13,17,25-26H2,2-9H3/b16-11+,23-18-,27-24+,30-15+,31-28-. The fourth-order valence-electron chi connectivity index (χ4n) is 4.87. The van der Waals surface area contributed by atoms with Gasteiger partial charge in [0.1, 0.15) is 5.75 Å². The molecule has 0 amide bonds. The summed E-state index contributed by atoms with van der Waals surface area (Å²) in [6.45, 7) is 21.4. The van der Waals surface area contributed by atoms with Gasteiger partial charge in [-0.25, -0.2) is 4.79 Å². The molecule has 0 aliphatic heterocycles. The van der Waals surface area contributed by atoms with Crippen molar-refractivity contribution in [3.63, 3.8) is 0 Å². The van der Waals surface area contributed by atoms with Gasteiger partial charge in [-0.05, 0) is 101 Å². The van der Waals surface area contributed by atoms with Crippen molar-refractivity contribution in [1.82, 2.24) is 0 Å². The van der Waals surface area contributed by atoms with Crippen molar-refractivity contribution in [3.05, 3.63) is 119 Å². The minimum absolute atomic E-state index is 0.0696. The van der Waals surface area contributed by atoms with Crippen LogP contribution in [0.15, 0.2) is 113 Å².